The van der Waals surface area contributed by atoms with Gasteiger partial charge in [0.2, 0.25) is 0 Å². The lowest BCUT2D eigenvalue weighted by molar-refractivity contribution is 0.228. The number of hydrogen-bond donors (Lipinski definition) is 1. The third-order valence-corrected chi connectivity index (χ3v) is 5.55. The molecule has 8 heteroatoms. The number of aromatic amines is 1. The fourth-order valence-electron chi connectivity index (χ4n) is 2.35. The fourth-order valence-corrected chi connectivity index (χ4v) is 3.81. The van der Waals surface area contributed by atoms with Crippen molar-refractivity contribution < 1.29 is 13.6 Å². The van der Waals surface area contributed by atoms with Crippen molar-refractivity contribution in [2.45, 2.75) is 40.2 Å². The van der Waals surface area contributed by atoms with Crippen LogP contribution in [-0.2, 0) is 20.2 Å². The first kappa shape index (κ1) is 17.9. The van der Waals surface area contributed by atoms with E-state index in [0.717, 1.165) is 12.8 Å². The molecule has 1 fully saturated rings. The van der Waals surface area contributed by atoms with Crippen LogP contribution in [0.25, 0.3) is 0 Å². The molecular weight excluding hydrogens is 319 g/mol. The quantitative estimate of drug-likeness (QED) is 0.733. The maximum atomic E-state index is 12.5. The molecule has 0 radical (unpaired) electrons. The van der Waals surface area contributed by atoms with Crippen molar-refractivity contribution in [2.75, 3.05) is 13.2 Å². The Hall–Kier alpha value is -1.43. The van der Waals surface area contributed by atoms with E-state index in [1.54, 1.807) is 27.0 Å². The Kier molecular flexibility index (Phi) is 5.45. The maximum Gasteiger partial charge on any atom is 0.353 e. The minimum absolute atomic E-state index is 0.238. The van der Waals surface area contributed by atoms with Gasteiger partial charge >= 0.3 is 13.3 Å². The number of nitrogens with one attached hydrogen (secondary N) is 1. The molecule has 1 aromatic heterocycles. The van der Waals surface area contributed by atoms with Gasteiger partial charge in [0, 0.05) is 29.5 Å². The molecular formula is C15H23N2O5P. The molecule has 1 aromatic rings. The highest BCUT2D eigenvalue weighted by molar-refractivity contribution is 7.57. The first-order valence-electron chi connectivity index (χ1n) is 7.73. The predicted molar refractivity (Wildman–Crippen MR) is 87.7 cm³/mol. The molecule has 1 N–H and O–H groups in total. The Balaban J connectivity index is 2.19. The topological polar surface area (TPSA) is 90.4 Å². The van der Waals surface area contributed by atoms with Crippen LogP contribution in [0.1, 0.15) is 32.3 Å². The second kappa shape index (κ2) is 6.99. The SMILES string of the molecule is CCOP(=O)(/C=C/C1(Cn2cc(C)c(=O)[nH]c2=O)CC1)OCC. The number of aryl methyl sites for hydroxylation is 1. The summed E-state index contributed by atoms with van der Waals surface area (Å²) in [6, 6.07) is 0. The van der Waals surface area contributed by atoms with Gasteiger partial charge in [-0.15, -0.1) is 0 Å². The van der Waals surface area contributed by atoms with Gasteiger partial charge in [0.05, 0.1) is 13.2 Å². The summed E-state index contributed by atoms with van der Waals surface area (Å²) in [6.07, 6.45) is 5.14. The normalized spacial score (nSPS) is 16.8. The van der Waals surface area contributed by atoms with Crippen LogP contribution in [0.3, 0.4) is 0 Å². The molecule has 7 nitrogen and oxygen atoms in total. The lowest BCUT2D eigenvalue weighted by Gasteiger charge is -2.16. The zero-order valence-electron chi connectivity index (χ0n) is 13.7. The van der Waals surface area contributed by atoms with Gasteiger partial charge in [0.15, 0.2) is 0 Å². The first-order chi connectivity index (χ1) is 10.8. The third-order valence-electron chi connectivity index (χ3n) is 3.80. The monoisotopic (exact) mass is 342 g/mol. The predicted octanol–water partition coefficient (Wildman–Crippen LogP) is 2.41. The van der Waals surface area contributed by atoms with Crippen molar-refractivity contribution in [3.8, 4) is 0 Å². The zero-order chi connectivity index (χ0) is 17.1. The summed E-state index contributed by atoms with van der Waals surface area (Å²) in [5.41, 5.74) is -0.557. The average molecular weight is 342 g/mol. The smallest absolute Gasteiger partial charge is 0.306 e. The van der Waals surface area contributed by atoms with Gasteiger partial charge in [-0.3, -0.25) is 18.9 Å². The first-order valence-corrected chi connectivity index (χ1v) is 9.34. The molecule has 23 heavy (non-hydrogen) atoms. The van der Waals surface area contributed by atoms with E-state index in [0.29, 0.717) is 25.3 Å². The van der Waals surface area contributed by atoms with Crippen molar-refractivity contribution in [3.63, 3.8) is 0 Å². The summed E-state index contributed by atoms with van der Waals surface area (Å²) in [7, 11) is -3.24. The average Bonchev–Trinajstić information content (AvgIpc) is 3.24. The van der Waals surface area contributed by atoms with E-state index < -0.39 is 13.3 Å². The van der Waals surface area contributed by atoms with Gasteiger partial charge < -0.3 is 9.05 Å². The molecule has 0 bridgehead atoms. The van der Waals surface area contributed by atoms with E-state index in [4.69, 9.17) is 9.05 Å². The van der Waals surface area contributed by atoms with E-state index in [9.17, 15) is 14.2 Å². The van der Waals surface area contributed by atoms with Crippen molar-refractivity contribution in [1.29, 1.82) is 0 Å². The van der Waals surface area contributed by atoms with Gasteiger partial charge in [-0.05, 0) is 33.6 Å². The number of H-pyrrole nitrogens is 1. The molecule has 0 aliphatic heterocycles. The summed E-state index contributed by atoms with van der Waals surface area (Å²) < 4.78 is 24.4. The highest BCUT2D eigenvalue weighted by Crippen LogP contribution is 2.55. The number of allylic oxidation sites excluding steroid dienone is 1. The molecule has 0 aromatic carbocycles. The van der Waals surface area contributed by atoms with Crippen molar-refractivity contribution in [1.82, 2.24) is 9.55 Å². The standard InChI is InChI=1S/C15H23N2O5P/c1-4-21-23(20,22-5-2)9-8-15(6-7-15)11-17-10-12(3)13(18)16-14(17)19/h8-10H,4-7,11H2,1-3H3,(H,16,18,19)/b9-8+. The van der Waals surface area contributed by atoms with Crippen molar-refractivity contribution in [3.05, 3.63) is 44.5 Å². The van der Waals surface area contributed by atoms with Gasteiger partial charge in [0.25, 0.3) is 5.56 Å². The van der Waals surface area contributed by atoms with E-state index >= 15 is 0 Å². The van der Waals surface area contributed by atoms with E-state index in [-0.39, 0.29) is 11.0 Å². The minimum atomic E-state index is -3.24. The summed E-state index contributed by atoms with van der Waals surface area (Å²) in [5.74, 6) is 1.50. The minimum Gasteiger partial charge on any atom is -0.306 e. The molecule has 1 heterocycles. The Morgan fingerprint density at radius 2 is 1.91 bits per heavy atom. The molecule has 0 amide bonds. The molecule has 0 saturated heterocycles. The maximum absolute atomic E-state index is 12.5. The van der Waals surface area contributed by atoms with E-state index in [1.807, 2.05) is 6.08 Å². The number of nitrogens with zero attached hydrogens (tertiary/aromatic N) is 1. The second-order valence-corrected chi connectivity index (χ2v) is 7.65. The van der Waals surface area contributed by atoms with Gasteiger partial charge in [0.1, 0.15) is 0 Å². The number of hydrogen-bond acceptors (Lipinski definition) is 5. The van der Waals surface area contributed by atoms with Crippen LogP contribution in [0.2, 0.25) is 0 Å². The molecule has 128 valence electrons. The summed E-state index contributed by atoms with van der Waals surface area (Å²) >= 11 is 0. The van der Waals surface area contributed by atoms with Crippen molar-refractivity contribution in [2.24, 2.45) is 5.41 Å². The lowest BCUT2D eigenvalue weighted by Crippen LogP contribution is -2.32. The molecule has 1 aliphatic rings. The molecule has 2 rings (SSSR count). The molecule has 0 atom stereocenters. The van der Waals surface area contributed by atoms with Crippen LogP contribution in [0.15, 0.2) is 27.7 Å². The van der Waals surface area contributed by atoms with Crippen LogP contribution >= 0.6 is 7.60 Å². The molecule has 1 saturated carbocycles. The molecule has 1 aliphatic carbocycles. The Morgan fingerprint density at radius 1 is 1.30 bits per heavy atom. The van der Waals surface area contributed by atoms with Crippen molar-refractivity contribution >= 4 is 7.60 Å². The van der Waals surface area contributed by atoms with E-state index in [1.165, 1.54) is 10.4 Å². The van der Waals surface area contributed by atoms with Crippen LogP contribution in [-0.4, -0.2) is 22.8 Å². The summed E-state index contributed by atoms with van der Waals surface area (Å²) in [4.78, 5) is 25.6. The Bertz CT molecular complexity index is 735. The number of rotatable bonds is 8. The van der Waals surface area contributed by atoms with Crippen LogP contribution in [0, 0.1) is 12.3 Å². The lowest BCUT2D eigenvalue weighted by atomic mass is 10.1. The third kappa shape index (κ3) is 4.53. The Morgan fingerprint density at radius 3 is 2.43 bits per heavy atom. The van der Waals surface area contributed by atoms with Gasteiger partial charge in [-0.1, -0.05) is 6.08 Å². The fraction of sp³-hybridized carbons (Fsp3) is 0.600. The van der Waals surface area contributed by atoms with Gasteiger partial charge in [-0.25, -0.2) is 4.79 Å². The largest absolute Gasteiger partial charge is 0.353 e. The van der Waals surface area contributed by atoms with E-state index in [2.05, 4.69) is 4.98 Å². The highest BCUT2D eigenvalue weighted by atomic mass is 31.2. The summed E-state index contributed by atoms with van der Waals surface area (Å²) in [5, 5.41) is 0. The molecule has 0 unspecified atom stereocenters. The molecule has 0 spiro atoms. The second-order valence-electron chi connectivity index (χ2n) is 5.75. The van der Waals surface area contributed by atoms with Crippen LogP contribution in [0.4, 0.5) is 0 Å². The number of aromatic nitrogens is 2. The van der Waals surface area contributed by atoms with Gasteiger partial charge in [-0.2, -0.15) is 0 Å². The van der Waals surface area contributed by atoms with Crippen LogP contribution < -0.4 is 11.2 Å². The Labute approximate surface area is 134 Å². The summed E-state index contributed by atoms with van der Waals surface area (Å²) in [6.45, 7) is 6.20. The highest BCUT2D eigenvalue weighted by Gasteiger charge is 2.41. The van der Waals surface area contributed by atoms with Crippen LogP contribution in [0.5, 0.6) is 0 Å². The zero-order valence-corrected chi connectivity index (χ0v) is 14.6.